The van der Waals surface area contributed by atoms with Crippen LogP contribution in [0.1, 0.15) is 0 Å². The van der Waals surface area contributed by atoms with Gasteiger partial charge in [-0.3, -0.25) is 0 Å². The van der Waals surface area contributed by atoms with Crippen molar-refractivity contribution in [3.05, 3.63) is 36.7 Å². The number of benzene rings is 1. The lowest BCUT2D eigenvalue weighted by molar-refractivity contribution is 0.122. The molecule has 4 rings (SSSR count). The van der Waals surface area contributed by atoms with E-state index in [1.165, 1.54) is 0 Å². The standard InChI is InChI=1S/C18H20N4O3/c1-23-15-4-3-13(11-16(15)24-2)14-12-20-22-17(5-6-19-18(14)22)21-7-9-25-10-8-21/h3-6,11-12H,7-10H2,1-2H3. The smallest absolute Gasteiger partial charge is 0.165 e. The van der Waals surface area contributed by atoms with Crippen molar-refractivity contribution >= 4 is 11.5 Å². The van der Waals surface area contributed by atoms with E-state index in [0.717, 1.165) is 48.9 Å². The number of fused-ring (bicyclic) bond motifs is 1. The number of hydrogen-bond acceptors (Lipinski definition) is 6. The SMILES string of the molecule is COc1ccc(-c2cnn3c(N4CCOCC4)ccnc23)cc1OC. The number of anilines is 1. The minimum atomic E-state index is 0.684. The molecule has 0 aliphatic carbocycles. The first-order valence-corrected chi connectivity index (χ1v) is 8.19. The van der Waals surface area contributed by atoms with Crippen LogP contribution in [0.2, 0.25) is 0 Å². The van der Waals surface area contributed by atoms with Crippen molar-refractivity contribution < 1.29 is 14.2 Å². The van der Waals surface area contributed by atoms with Crippen molar-refractivity contribution in [1.29, 1.82) is 0 Å². The molecule has 0 radical (unpaired) electrons. The van der Waals surface area contributed by atoms with Crippen LogP contribution in [-0.4, -0.2) is 55.1 Å². The number of aromatic nitrogens is 3. The van der Waals surface area contributed by atoms with E-state index >= 15 is 0 Å². The fourth-order valence-electron chi connectivity index (χ4n) is 3.12. The molecule has 3 aromatic rings. The molecule has 1 aliphatic heterocycles. The summed E-state index contributed by atoms with van der Waals surface area (Å²) in [5.74, 6) is 2.41. The maximum absolute atomic E-state index is 5.44. The van der Waals surface area contributed by atoms with Gasteiger partial charge in [0.2, 0.25) is 0 Å². The lowest BCUT2D eigenvalue weighted by Gasteiger charge is -2.28. The number of ether oxygens (including phenoxy) is 3. The maximum atomic E-state index is 5.44. The number of hydrogen-bond donors (Lipinski definition) is 0. The van der Waals surface area contributed by atoms with Gasteiger partial charge in [0, 0.05) is 24.8 Å². The van der Waals surface area contributed by atoms with Crippen LogP contribution in [0.4, 0.5) is 5.82 Å². The largest absolute Gasteiger partial charge is 0.493 e. The molecular formula is C18H20N4O3. The zero-order valence-corrected chi connectivity index (χ0v) is 14.3. The van der Waals surface area contributed by atoms with Crippen LogP contribution in [0, 0.1) is 0 Å². The predicted octanol–water partition coefficient (Wildman–Crippen LogP) is 2.25. The van der Waals surface area contributed by atoms with Crippen LogP contribution in [0.15, 0.2) is 36.7 Å². The summed E-state index contributed by atoms with van der Waals surface area (Å²) in [7, 11) is 3.26. The molecule has 0 spiro atoms. The first-order valence-electron chi connectivity index (χ1n) is 8.19. The fraction of sp³-hybridized carbons (Fsp3) is 0.333. The molecule has 1 fully saturated rings. The quantitative estimate of drug-likeness (QED) is 0.726. The van der Waals surface area contributed by atoms with Crippen LogP contribution in [0.5, 0.6) is 11.5 Å². The highest BCUT2D eigenvalue weighted by Crippen LogP contribution is 2.34. The molecular weight excluding hydrogens is 320 g/mol. The number of nitrogens with zero attached hydrogens (tertiary/aromatic N) is 4. The molecule has 1 aromatic carbocycles. The fourth-order valence-corrected chi connectivity index (χ4v) is 3.12. The maximum Gasteiger partial charge on any atom is 0.165 e. The van der Waals surface area contributed by atoms with Gasteiger partial charge in [-0.25, -0.2) is 4.98 Å². The highest BCUT2D eigenvalue weighted by Gasteiger charge is 2.18. The molecule has 3 heterocycles. The van der Waals surface area contributed by atoms with Gasteiger partial charge < -0.3 is 19.1 Å². The van der Waals surface area contributed by atoms with E-state index in [9.17, 15) is 0 Å². The zero-order chi connectivity index (χ0) is 17.2. The summed E-state index contributed by atoms with van der Waals surface area (Å²) in [5, 5.41) is 4.57. The number of methoxy groups -OCH3 is 2. The molecule has 25 heavy (non-hydrogen) atoms. The highest BCUT2D eigenvalue weighted by molar-refractivity contribution is 5.79. The Labute approximate surface area is 145 Å². The van der Waals surface area contributed by atoms with Crippen molar-refractivity contribution in [3.8, 4) is 22.6 Å². The second kappa shape index (κ2) is 6.60. The van der Waals surface area contributed by atoms with Crippen LogP contribution in [-0.2, 0) is 4.74 Å². The molecule has 2 aromatic heterocycles. The average molecular weight is 340 g/mol. The van der Waals surface area contributed by atoms with Gasteiger partial charge >= 0.3 is 0 Å². The second-order valence-electron chi connectivity index (χ2n) is 5.77. The summed E-state index contributed by atoms with van der Waals surface area (Å²) in [6.45, 7) is 3.16. The minimum Gasteiger partial charge on any atom is -0.493 e. The Hall–Kier alpha value is -2.80. The van der Waals surface area contributed by atoms with E-state index in [1.54, 1.807) is 14.2 Å². The van der Waals surface area contributed by atoms with Crippen molar-refractivity contribution in [2.75, 3.05) is 45.4 Å². The normalized spacial score (nSPS) is 14.7. The van der Waals surface area contributed by atoms with E-state index in [0.29, 0.717) is 11.5 Å². The first kappa shape index (κ1) is 15.7. The van der Waals surface area contributed by atoms with E-state index < -0.39 is 0 Å². The minimum absolute atomic E-state index is 0.684. The van der Waals surface area contributed by atoms with Gasteiger partial charge in [0.25, 0.3) is 0 Å². The molecule has 0 bridgehead atoms. The van der Waals surface area contributed by atoms with Gasteiger partial charge in [-0.05, 0) is 23.8 Å². The zero-order valence-electron chi connectivity index (χ0n) is 14.3. The number of rotatable bonds is 4. The van der Waals surface area contributed by atoms with Crippen molar-refractivity contribution in [3.63, 3.8) is 0 Å². The Morgan fingerprint density at radius 3 is 2.60 bits per heavy atom. The van der Waals surface area contributed by atoms with Crippen LogP contribution >= 0.6 is 0 Å². The molecule has 0 N–H and O–H groups in total. The van der Waals surface area contributed by atoms with Gasteiger partial charge in [0.05, 0.1) is 33.6 Å². The van der Waals surface area contributed by atoms with Crippen LogP contribution < -0.4 is 14.4 Å². The third-order valence-electron chi connectivity index (χ3n) is 4.41. The van der Waals surface area contributed by atoms with Gasteiger partial charge in [-0.1, -0.05) is 6.07 Å². The number of morpholine rings is 1. The summed E-state index contributed by atoms with van der Waals surface area (Å²) in [6, 6.07) is 7.81. The Morgan fingerprint density at radius 1 is 1.04 bits per heavy atom. The predicted molar refractivity (Wildman–Crippen MR) is 94.6 cm³/mol. The average Bonchev–Trinajstić information content (AvgIpc) is 3.12. The monoisotopic (exact) mass is 340 g/mol. The molecule has 7 nitrogen and oxygen atoms in total. The highest BCUT2D eigenvalue weighted by atomic mass is 16.5. The molecule has 0 amide bonds. The summed E-state index contributed by atoms with van der Waals surface area (Å²) in [6.07, 6.45) is 3.67. The summed E-state index contributed by atoms with van der Waals surface area (Å²) in [5.41, 5.74) is 2.76. The molecule has 0 saturated carbocycles. The molecule has 0 unspecified atom stereocenters. The summed E-state index contributed by atoms with van der Waals surface area (Å²) in [4.78, 5) is 6.81. The van der Waals surface area contributed by atoms with Crippen LogP contribution in [0.3, 0.4) is 0 Å². The molecule has 130 valence electrons. The topological polar surface area (TPSA) is 61.1 Å². The van der Waals surface area contributed by atoms with E-state index in [-0.39, 0.29) is 0 Å². The third-order valence-corrected chi connectivity index (χ3v) is 4.41. The Balaban J connectivity index is 1.79. The molecule has 1 saturated heterocycles. The van der Waals surface area contributed by atoms with Crippen molar-refractivity contribution in [2.45, 2.75) is 0 Å². The summed E-state index contributed by atoms with van der Waals surface area (Å²) < 4.78 is 18.1. The van der Waals surface area contributed by atoms with Gasteiger partial charge in [0.15, 0.2) is 17.1 Å². The Kier molecular flexibility index (Phi) is 4.15. The van der Waals surface area contributed by atoms with Gasteiger partial charge in [-0.15, -0.1) is 0 Å². The van der Waals surface area contributed by atoms with Crippen molar-refractivity contribution in [1.82, 2.24) is 14.6 Å². The first-order chi connectivity index (χ1) is 12.3. The van der Waals surface area contributed by atoms with Gasteiger partial charge in [-0.2, -0.15) is 9.61 Å². The Bertz CT molecular complexity index is 887. The lowest BCUT2D eigenvalue weighted by Crippen LogP contribution is -2.37. The lowest BCUT2D eigenvalue weighted by atomic mass is 10.1. The Morgan fingerprint density at radius 2 is 1.84 bits per heavy atom. The van der Waals surface area contributed by atoms with E-state index in [2.05, 4.69) is 15.0 Å². The van der Waals surface area contributed by atoms with Gasteiger partial charge in [0.1, 0.15) is 5.82 Å². The van der Waals surface area contributed by atoms with E-state index in [1.807, 2.05) is 41.2 Å². The molecule has 0 atom stereocenters. The second-order valence-corrected chi connectivity index (χ2v) is 5.77. The van der Waals surface area contributed by atoms with E-state index in [4.69, 9.17) is 14.2 Å². The van der Waals surface area contributed by atoms with Crippen molar-refractivity contribution in [2.24, 2.45) is 0 Å². The third kappa shape index (κ3) is 2.76. The molecule has 1 aliphatic rings. The summed E-state index contributed by atoms with van der Waals surface area (Å²) >= 11 is 0. The molecule has 7 heteroatoms. The van der Waals surface area contributed by atoms with Crippen LogP contribution in [0.25, 0.3) is 16.8 Å².